The first-order valence-corrected chi connectivity index (χ1v) is 5.79. The summed E-state index contributed by atoms with van der Waals surface area (Å²) >= 11 is 0. The average Bonchev–Trinajstić information content (AvgIpc) is 3.10. The Morgan fingerprint density at radius 1 is 1.44 bits per heavy atom. The number of primary amides is 1. The summed E-state index contributed by atoms with van der Waals surface area (Å²) in [6.07, 6.45) is 2.71. The van der Waals surface area contributed by atoms with E-state index in [0.29, 0.717) is 11.6 Å². The zero-order chi connectivity index (χ0) is 11.5. The number of carbonyl (C=O) groups is 1. The molecular formula is C13H18N2O. The molecule has 1 atom stereocenters. The van der Waals surface area contributed by atoms with Gasteiger partial charge in [0.15, 0.2) is 0 Å². The summed E-state index contributed by atoms with van der Waals surface area (Å²) < 4.78 is 0. The molecule has 2 rings (SSSR count). The monoisotopic (exact) mass is 218 g/mol. The Labute approximate surface area is 96.0 Å². The number of nitrogens with one attached hydrogen (secondary N) is 1. The van der Waals surface area contributed by atoms with E-state index in [-0.39, 0.29) is 5.91 Å². The van der Waals surface area contributed by atoms with Crippen LogP contribution in [0.25, 0.3) is 0 Å². The number of hydrogen-bond donors (Lipinski definition) is 2. The lowest BCUT2D eigenvalue weighted by Crippen LogP contribution is -2.27. The maximum absolute atomic E-state index is 10.9. The van der Waals surface area contributed by atoms with E-state index in [4.69, 9.17) is 5.73 Å². The van der Waals surface area contributed by atoms with Crippen molar-refractivity contribution < 1.29 is 4.79 Å². The van der Waals surface area contributed by atoms with E-state index in [0.717, 1.165) is 12.5 Å². The molecule has 1 saturated carbocycles. The highest BCUT2D eigenvalue weighted by atomic mass is 16.1. The predicted molar refractivity (Wildman–Crippen MR) is 64.0 cm³/mol. The van der Waals surface area contributed by atoms with Crippen LogP contribution in [0.15, 0.2) is 24.3 Å². The van der Waals surface area contributed by atoms with Crippen molar-refractivity contribution in [2.24, 2.45) is 11.7 Å². The first-order valence-electron chi connectivity index (χ1n) is 5.79. The molecule has 3 N–H and O–H groups in total. The zero-order valence-electron chi connectivity index (χ0n) is 9.57. The molecule has 1 aliphatic rings. The van der Waals surface area contributed by atoms with E-state index < -0.39 is 0 Å². The topological polar surface area (TPSA) is 55.1 Å². The van der Waals surface area contributed by atoms with Crippen molar-refractivity contribution in [1.82, 2.24) is 5.32 Å². The standard InChI is InChI=1S/C13H18N2O/c1-9(11-6-7-11)15-8-10-2-4-12(5-3-10)13(14)16/h2-5,9,11,15H,6-8H2,1H3,(H2,14,16). The summed E-state index contributed by atoms with van der Waals surface area (Å²) in [5.41, 5.74) is 6.94. The van der Waals surface area contributed by atoms with Gasteiger partial charge in [0.25, 0.3) is 0 Å². The highest BCUT2D eigenvalue weighted by molar-refractivity contribution is 5.92. The maximum atomic E-state index is 10.9. The van der Waals surface area contributed by atoms with E-state index in [2.05, 4.69) is 12.2 Å². The summed E-state index contributed by atoms with van der Waals surface area (Å²) in [5, 5.41) is 3.49. The molecule has 3 heteroatoms. The summed E-state index contributed by atoms with van der Waals surface area (Å²) in [4.78, 5) is 10.9. The molecule has 0 aromatic heterocycles. The molecule has 16 heavy (non-hydrogen) atoms. The molecule has 0 spiro atoms. The van der Waals surface area contributed by atoms with Gasteiger partial charge in [0, 0.05) is 18.2 Å². The second-order valence-electron chi connectivity index (χ2n) is 4.57. The number of hydrogen-bond acceptors (Lipinski definition) is 2. The third-order valence-electron chi connectivity index (χ3n) is 3.20. The van der Waals surface area contributed by atoms with Crippen LogP contribution >= 0.6 is 0 Å². The van der Waals surface area contributed by atoms with Gasteiger partial charge in [0.05, 0.1) is 0 Å². The lowest BCUT2D eigenvalue weighted by molar-refractivity contribution is 0.100. The third kappa shape index (κ3) is 2.83. The van der Waals surface area contributed by atoms with Crippen LogP contribution in [0.2, 0.25) is 0 Å². The van der Waals surface area contributed by atoms with Crippen molar-refractivity contribution in [3.63, 3.8) is 0 Å². The largest absolute Gasteiger partial charge is 0.366 e. The van der Waals surface area contributed by atoms with Gasteiger partial charge in [0.1, 0.15) is 0 Å². The molecule has 1 unspecified atom stereocenters. The Bertz CT molecular complexity index is 368. The van der Waals surface area contributed by atoms with Crippen LogP contribution in [-0.4, -0.2) is 11.9 Å². The minimum absolute atomic E-state index is 0.370. The Morgan fingerprint density at radius 3 is 2.56 bits per heavy atom. The van der Waals surface area contributed by atoms with E-state index in [1.165, 1.54) is 18.4 Å². The summed E-state index contributed by atoms with van der Waals surface area (Å²) in [7, 11) is 0. The smallest absolute Gasteiger partial charge is 0.248 e. The van der Waals surface area contributed by atoms with Gasteiger partial charge < -0.3 is 11.1 Å². The van der Waals surface area contributed by atoms with Gasteiger partial charge in [-0.3, -0.25) is 4.79 Å². The van der Waals surface area contributed by atoms with Gasteiger partial charge in [0.2, 0.25) is 5.91 Å². The Morgan fingerprint density at radius 2 is 2.06 bits per heavy atom. The molecule has 1 fully saturated rings. The second kappa shape index (κ2) is 4.66. The lowest BCUT2D eigenvalue weighted by atomic mass is 10.1. The van der Waals surface area contributed by atoms with Gasteiger partial charge in [-0.15, -0.1) is 0 Å². The Balaban J connectivity index is 1.86. The van der Waals surface area contributed by atoms with Crippen molar-refractivity contribution in [2.75, 3.05) is 0 Å². The van der Waals surface area contributed by atoms with Crippen LogP contribution < -0.4 is 11.1 Å². The van der Waals surface area contributed by atoms with Crippen LogP contribution in [0.3, 0.4) is 0 Å². The third-order valence-corrected chi connectivity index (χ3v) is 3.20. The fourth-order valence-corrected chi connectivity index (χ4v) is 1.83. The van der Waals surface area contributed by atoms with Crippen molar-refractivity contribution in [3.05, 3.63) is 35.4 Å². The van der Waals surface area contributed by atoms with Gasteiger partial charge in [-0.2, -0.15) is 0 Å². The molecule has 0 heterocycles. The first kappa shape index (κ1) is 11.1. The molecule has 1 aromatic rings. The minimum Gasteiger partial charge on any atom is -0.366 e. The molecule has 1 aromatic carbocycles. The summed E-state index contributed by atoms with van der Waals surface area (Å²) in [6, 6.07) is 8.05. The highest BCUT2D eigenvalue weighted by Gasteiger charge is 2.27. The van der Waals surface area contributed by atoms with Crippen LogP contribution in [0.1, 0.15) is 35.7 Å². The lowest BCUT2D eigenvalue weighted by Gasteiger charge is -2.12. The number of nitrogens with two attached hydrogens (primary N) is 1. The summed E-state index contributed by atoms with van der Waals surface area (Å²) in [5.74, 6) is 0.496. The van der Waals surface area contributed by atoms with E-state index in [1.807, 2.05) is 12.1 Å². The summed E-state index contributed by atoms with van der Waals surface area (Å²) in [6.45, 7) is 3.09. The Kier molecular flexibility index (Phi) is 3.25. The zero-order valence-corrected chi connectivity index (χ0v) is 9.57. The highest BCUT2D eigenvalue weighted by Crippen LogP contribution is 2.32. The predicted octanol–water partition coefficient (Wildman–Crippen LogP) is 1.67. The quantitative estimate of drug-likeness (QED) is 0.790. The van der Waals surface area contributed by atoms with Crippen molar-refractivity contribution in [1.29, 1.82) is 0 Å². The van der Waals surface area contributed by atoms with E-state index in [1.54, 1.807) is 12.1 Å². The van der Waals surface area contributed by atoms with Gasteiger partial charge >= 0.3 is 0 Å². The van der Waals surface area contributed by atoms with E-state index in [9.17, 15) is 4.79 Å². The first-order chi connectivity index (χ1) is 7.66. The number of rotatable bonds is 5. The second-order valence-corrected chi connectivity index (χ2v) is 4.57. The normalized spacial score (nSPS) is 17.1. The number of amides is 1. The average molecular weight is 218 g/mol. The van der Waals surface area contributed by atoms with Crippen molar-refractivity contribution in [2.45, 2.75) is 32.4 Å². The van der Waals surface area contributed by atoms with Crippen LogP contribution in [0, 0.1) is 5.92 Å². The van der Waals surface area contributed by atoms with Crippen molar-refractivity contribution >= 4 is 5.91 Å². The van der Waals surface area contributed by atoms with Crippen LogP contribution in [0.5, 0.6) is 0 Å². The molecular weight excluding hydrogens is 200 g/mol. The molecule has 3 nitrogen and oxygen atoms in total. The Hall–Kier alpha value is -1.35. The molecule has 0 bridgehead atoms. The number of carbonyl (C=O) groups excluding carboxylic acids is 1. The van der Waals surface area contributed by atoms with E-state index >= 15 is 0 Å². The molecule has 1 aliphatic carbocycles. The molecule has 1 amide bonds. The molecule has 0 aliphatic heterocycles. The van der Waals surface area contributed by atoms with Crippen molar-refractivity contribution in [3.8, 4) is 0 Å². The van der Waals surface area contributed by atoms with Gasteiger partial charge in [-0.1, -0.05) is 12.1 Å². The van der Waals surface area contributed by atoms with Gasteiger partial charge in [-0.25, -0.2) is 0 Å². The number of benzene rings is 1. The molecule has 0 saturated heterocycles. The fraction of sp³-hybridized carbons (Fsp3) is 0.462. The van der Waals surface area contributed by atoms with Gasteiger partial charge in [-0.05, 0) is 43.4 Å². The maximum Gasteiger partial charge on any atom is 0.248 e. The fourth-order valence-electron chi connectivity index (χ4n) is 1.83. The van der Waals surface area contributed by atoms with Crippen LogP contribution in [-0.2, 0) is 6.54 Å². The molecule has 86 valence electrons. The van der Waals surface area contributed by atoms with Crippen LogP contribution in [0.4, 0.5) is 0 Å². The molecule has 0 radical (unpaired) electrons. The SMILES string of the molecule is CC(NCc1ccc(C(N)=O)cc1)C1CC1. The minimum atomic E-state index is -0.370.